The Morgan fingerprint density at radius 1 is 1.14 bits per heavy atom. The number of nitrogens with one attached hydrogen (secondary N) is 1. The van der Waals surface area contributed by atoms with Gasteiger partial charge >= 0.3 is 0 Å². The summed E-state index contributed by atoms with van der Waals surface area (Å²) in [5.74, 6) is 4.29. The molecule has 1 aliphatic carbocycles. The topological polar surface area (TPSA) is 56.3 Å². The Hall–Kier alpha value is -2.30. The lowest BCUT2D eigenvalue weighted by molar-refractivity contribution is 0.412. The maximum atomic E-state index is 5.84. The summed E-state index contributed by atoms with van der Waals surface area (Å²) >= 11 is 0. The van der Waals surface area contributed by atoms with E-state index in [1.54, 1.807) is 7.11 Å². The molecule has 2 aromatic rings. The molecule has 21 heavy (non-hydrogen) atoms. The van der Waals surface area contributed by atoms with E-state index >= 15 is 0 Å². The molecule has 110 valence electrons. The molecule has 3 rings (SSSR count). The van der Waals surface area contributed by atoms with Gasteiger partial charge in [0.05, 0.1) is 7.11 Å². The Kier molecular flexibility index (Phi) is 3.90. The van der Waals surface area contributed by atoms with Gasteiger partial charge in [0.2, 0.25) is 5.88 Å². The van der Waals surface area contributed by atoms with Gasteiger partial charge in [-0.3, -0.25) is 0 Å². The minimum atomic E-state index is 0.488. The van der Waals surface area contributed by atoms with Crippen LogP contribution in [0.2, 0.25) is 0 Å². The minimum Gasteiger partial charge on any atom is -0.497 e. The summed E-state index contributed by atoms with van der Waals surface area (Å²) in [6.45, 7) is 2.87. The fourth-order valence-corrected chi connectivity index (χ4v) is 2.06. The summed E-state index contributed by atoms with van der Waals surface area (Å²) in [4.78, 5) is 9.04. The van der Waals surface area contributed by atoms with Crippen molar-refractivity contribution in [3.05, 3.63) is 36.2 Å². The number of hydrogen-bond donors (Lipinski definition) is 1. The van der Waals surface area contributed by atoms with E-state index in [9.17, 15) is 0 Å². The summed E-state index contributed by atoms with van der Waals surface area (Å²) in [6.07, 6.45) is 2.33. The van der Waals surface area contributed by atoms with Gasteiger partial charge in [0, 0.05) is 18.5 Å². The summed E-state index contributed by atoms with van der Waals surface area (Å²) in [6, 6.07) is 9.29. The van der Waals surface area contributed by atoms with Crippen LogP contribution in [0.5, 0.6) is 17.4 Å². The van der Waals surface area contributed by atoms with E-state index in [2.05, 4.69) is 15.3 Å². The molecule has 1 fully saturated rings. The number of anilines is 1. The van der Waals surface area contributed by atoms with Gasteiger partial charge in [-0.2, -0.15) is 4.98 Å². The van der Waals surface area contributed by atoms with Crippen LogP contribution in [0.1, 0.15) is 31.5 Å². The van der Waals surface area contributed by atoms with E-state index in [1.807, 2.05) is 37.3 Å². The normalized spacial score (nSPS) is 13.8. The van der Waals surface area contributed by atoms with Crippen molar-refractivity contribution in [1.82, 2.24) is 9.97 Å². The van der Waals surface area contributed by atoms with Crippen LogP contribution in [0.15, 0.2) is 30.3 Å². The first-order chi connectivity index (χ1) is 10.3. The third kappa shape index (κ3) is 3.42. The van der Waals surface area contributed by atoms with Crippen LogP contribution in [0.3, 0.4) is 0 Å². The maximum Gasteiger partial charge on any atom is 0.224 e. The van der Waals surface area contributed by atoms with Gasteiger partial charge in [-0.15, -0.1) is 0 Å². The molecule has 1 heterocycles. The van der Waals surface area contributed by atoms with Gasteiger partial charge < -0.3 is 14.8 Å². The average Bonchev–Trinajstić information content (AvgIpc) is 3.33. The highest BCUT2D eigenvalue weighted by atomic mass is 16.5. The number of rotatable bonds is 6. The molecule has 0 amide bonds. The van der Waals surface area contributed by atoms with Gasteiger partial charge in [-0.25, -0.2) is 4.98 Å². The highest BCUT2D eigenvalue weighted by molar-refractivity contribution is 5.41. The summed E-state index contributed by atoms with van der Waals surface area (Å²) in [7, 11) is 1.64. The number of aromatic nitrogens is 2. The number of methoxy groups -OCH3 is 1. The average molecular weight is 285 g/mol. The monoisotopic (exact) mass is 285 g/mol. The Morgan fingerprint density at radius 3 is 2.48 bits per heavy atom. The van der Waals surface area contributed by atoms with Crippen molar-refractivity contribution < 1.29 is 9.47 Å². The molecule has 0 atom stereocenters. The van der Waals surface area contributed by atoms with E-state index in [0.29, 0.717) is 11.8 Å². The fourth-order valence-electron chi connectivity index (χ4n) is 2.06. The predicted molar refractivity (Wildman–Crippen MR) is 81.2 cm³/mol. The molecule has 5 heteroatoms. The van der Waals surface area contributed by atoms with E-state index < -0.39 is 0 Å². The smallest absolute Gasteiger partial charge is 0.224 e. The summed E-state index contributed by atoms with van der Waals surface area (Å²) < 4.78 is 11.0. The first kappa shape index (κ1) is 13.7. The molecule has 5 nitrogen and oxygen atoms in total. The predicted octanol–water partition coefficient (Wildman–Crippen LogP) is 3.59. The van der Waals surface area contributed by atoms with Crippen molar-refractivity contribution in [2.75, 3.05) is 19.0 Å². The summed E-state index contributed by atoms with van der Waals surface area (Å²) in [5, 5.41) is 3.22. The van der Waals surface area contributed by atoms with Gasteiger partial charge in [-0.1, -0.05) is 0 Å². The lowest BCUT2D eigenvalue weighted by atomic mass is 10.3. The number of benzene rings is 1. The molecule has 0 saturated heterocycles. The molecule has 1 aliphatic rings. The second-order valence-corrected chi connectivity index (χ2v) is 5.03. The first-order valence-corrected chi connectivity index (χ1v) is 7.23. The zero-order valence-corrected chi connectivity index (χ0v) is 12.3. The molecular formula is C16H19N3O2. The van der Waals surface area contributed by atoms with Crippen LogP contribution in [0.4, 0.5) is 5.82 Å². The molecular weight excluding hydrogens is 266 g/mol. The van der Waals surface area contributed by atoms with E-state index in [1.165, 1.54) is 0 Å². The lowest BCUT2D eigenvalue weighted by Gasteiger charge is -2.10. The third-order valence-corrected chi connectivity index (χ3v) is 3.30. The van der Waals surface area contributed by atoms with Crippen molar-refractivity contribution in [2.45, 2.75) is 25.7 Å². The molecule has 0 aliphatic heterocycles. The van der Waals surface area contributed by atoms with Crippen LogP contribution in [0.25, 0.3) is 0 Å². The molecule has 0 bridgehead atoms. The quantitative estimate of drug-likeness (QED) is 0.879. The number of hydrogen-bond acceptors (Lipinski definition) is 5. The van der Waals surface area contributed by atoms with Crippen LogP contribution < -0.4 is 14.8 Å². The minimum absolute atomic E-state index is 0.488. The standard InChI is InChI=1S/C16H19N3O2/c1-3-17-14-10-15(19-16(18-14)11-4-5-11)21-13-8-6-12(20-2)7-9-13/h6-11H,3-5H2,1-2H3,(H,17,18,19). The van der Waals surface area contributed by atoms with Crippen molar-refractivity contribution in [3.8, 4) is 17.4 Å². The second kappa shape index (κ2) is 5.99. The molecule has 1 aromatic carbocycles. The SMILES string of the molecule is CCNc1cc(Oc2ccc(OC)cc2)nc(C2CC2)n1. The van der Waals surface area contributed by atoms with Gasteiger partial charge in [0.1, 0.15) is 23.1 Å². The van der Waals surface area contributed by atoms with Gasteiger partial charge in [-0.05, 0) is 44.0 Å². The Morgan fingerprint density at radius 2 is 1.86 bits per heavy atom. The molecule has 0 spiro atoms. The fraction of sp³-hybridized carbons (Fsp3) is 0.375. The molecule has 1 saturated carbocycles. The van der Waals surface area contributed by atoms with Crippen LogP contribution in [-0.2, 0) is 0 Å². The van der Waals surface area contributed by atoms with Crippen LogP contribution in [0, 0.1) is 0 Å². The van der Waals surface area contributed by atoms with E-state index in [4.69, 9.17) is 9.47 Å². The first-order valence-electron chi connectivity index (χ1n) is 7.23. The zero-order chi connectivity index (χ0) is 14.7. The molecule has 1 N–H and O–H groups in total. The maximum absolute atomic E-state index is 5.84. The molecule has 0 unspecified atom stereocenters. The molecule has 1 aromatic heterocycles. The van der Waals surface area contributed by atoms with Crippen molar-refractivity contribution in [1.29, 1.82) is 0 Å². The van der Waals surface area contributed by atoms with E-state index in [-0.39, 0.29) is 0 Å². The van der Waals surface area contributed by atoms with Gasteiger partial charge in [0.25, 0.3) is 0 Å². The lowest BCUT2D eigenvalue weighted by Crippen LogP contribution is -2.04. The largest absolute Gasteiger partial charge is 0.497 e. The Labute approximate surface area is 124 Å². The van der Waals surface area contributed by atoms with Crippen LogP contribution >= 0.6 is 0 Å². The van der Waals surface area contributed by atoms with Gasteiger partial charge in [0.15, 0.2) is 0 Å². The van der Waals surface area contributed by atoms with Crippen molar-refractivity contribution in [2.24, 2.45) is 0 Å². The zero-order valence-electron chi connectivity index (χ0n) is 12.3. The van der Waals surface area contributed by atoms with Crippen molar-refractivity contribution in [3.63, 3.8) is 0 Å². The number of nitrogens with zero attached hydrogens (tertiary/aromatic N) is 2. The highest BCUT2D eigenvalue weighted by Gasteiger charge is 2.27. The third-order valence-electron chi connectivity index (χ3n) is 3.30. The highest BCUT2D eigenvalue weighted by Crippen LogP contribution is 2.39. The number of ether oxygens (including phenoxy) is 2. The Balaban J connectivity index is 1.82. The van der Waals surface area contributed by atoms with E-state index in [0.717, 1.165) is 42.5 Å². The second-order valence-electron chi connectivity index (χ2n) is 5.03. The Bertz CT molecular complexity index is 609. The molecule has 0 radical (unpaired) electrons. The van der Waals surface area contributed by atoms with Crippen LogP contribution in [-0.4, -0.2) is 23.6 Å². The summed E-state index contributed by atoms with van der Waals surface area (Å²) in [5.41, 5.74) is 0. The van der Waals surface area contributed by atoms with Crippen molar-refractivity contribution >= 4 is 5.82 Å².